The zero-order valence-corrected chi connectivity index (χ0v) is 9.33. The molecule has 1 nitrogen and oxygen atoms in total. The maximum absolute atomic E-state index is 11.0. The normalized spacial score (nSPS) is 12.6. The molecule has 1 atom stereocenters. The fourth-order valence-corrected chi connectivity index (χ4v) is 1.67. The van der Waals surface area contributed by atoms with Gasteiger partial charge < -0.3 is 0 Å². The van der Waals surface area contributed by atoms with Gasteiger partial charge in [0, 0.05) is 4.90 Å². The van der Waals surface area contributed by atoms with Crippen LogP contribution in [0.3, 0.4) is 0 Å². The third-order valence-electron chi connectivity index (χ3n) is 1.65. The summed E-state index contributed by atoms with van der Waals surface area (Å²) < 4.78 is 0. The molecule has 4 heteroatoms. The molecule has 0 radical (unpaired) electrons. The molecular formula is C9H8Cl2OS. The minimum atomic E-state index is -0.661. The molecule has 0 amide bonds. The Morgan fingerprint density at radius 1 is 1.54 bits per heavy atom. The molecule has 0 aromatic heterocycles. The third-order valence-corrected chi connectivity index (χ3v) is 3.14. The van der Waals surface area contributed by atoms with Crippen molar-refractivity contribution in [3.05, 3.63) is 28.8 Å². The van der Waals surface area contributed by atoms with Crippen molar-refractivity contribution >= 4 is 41.6 Å². The van der Waals surface area contributed by atoms with E-state index in [1.807, 2.05) is 0 Å². The van der Waals surface area contributed by atoms with Crippen molar-refractivity contribution in [1.82, 2.24) is 0 Å². The Labute approximate surface area is 92.4 Å². The Bertz CT molecular complexity index is 338. The number of ketones is 1. The van der Waals surface area contributed by atoms with E-state index >= 15 is 0 Å². The molecule has 0 fully saturated rings. The van der Waals surface area contributed by atoms with Crippen LogP contribution >= 0.6 is 35.8 Å². The van der Waals surface area contributed by atoms with Gasteiger partial charge in [-0.15, -0.1) is 24.2 Å². The number of rotatable bonds is 2. The highest BCUT2D eigenvalue weighted by molar-refractivity contribution is 7.80. The van der Waals surface area contributed by atoms with E-state index in [0.717, 1.165) is 0 Å². The highest BCUT2D eigenvalue weighted by atomic mass is 35.5. The van der Waals surface area contributed by atoms with Crippen LogP contribution in [-0.2, 0) is 4.79 Å². The summed E-state index contributed by atoms with van der Waals surface area (Å²) in [6.07, 6.45) is 0. The van der Waals surface area contributed by atoms with E-state index in [2.05, 4.69) is 12.6 Å². The van der Waals surface area contributed by atoms with Crippen molar-refractivity contribution < 1.29 is 4.79 Å². The lowest BCUT2D eigenvalue weighted by Crippen LogP contribution is -2.02. The lowest BCUT2D eigenvalue weighted by Gasteiger charge is -2.09. The van der Waals surface area contributed by atoms with Crippen molar-refractivity contribution in [3.63, 3.8) is 0 Å². The maximum atomic E-state index is 11.0. The lowest BCUT2D eigenvalue weighted by atomic mass is 10.1. The number of carbonyl (C=O) groups excluding carboxylic acids is 1. The first-order valence-corrected chi connectivity index (χ1v) is 4.92. The summed E-state index contributed by atoms with van der Waals surface area (Å²) in [5, 5.41) is -0.154. The predicted octanol–water partition coefficient (Wildman–Crippen LogP) is 3.50. The first-order valence-electron chi connectivity index (χ1n) is 3.66. The smallest absolute Gasteiger partial charge is 0.152 e. The Morgan fingerprint density at radius 3 is 2.69 bits per heavy atom. The Hall–Kier alpha value is -0.180. The van der Waals surface area contributed by atoms with Gasteiger partial charge in [-0.1, -0.05) is 23.7 Å². The van der Waals surface area contributed by atoms with Gasteiger partial charge in [-0.3, -0.25) is 4.79 Å². The fraction of sp³-hybridized carbons (Fsp3) is 0.222. The van der Waals surface area contributed by atoms with Crippen LogP contribution in [0.1, 0.15) is 17.9 Å². The summed E-state index contributed by atoms with van der Waals surface area (Å²) in [5.74, 6) is -0.112. The maximum Gasteiger partial charge on any atom is 0.152 e. The minimum absolute atomic E-state index is 0.112. The van der Waals surface area contributed by atoms with E-state index in [9.17, 15) is 4.79 Å². The predicted molar refractivity (Wildman–Crippen MR) is 58.0 cm³/mol. The molecule has 0 spiro atoms. The monoisotopic (exact) mass is 234 g/mol. The standard InChI is InChI=1S/C9H8Cl2OS/c1-5(12)8(11)6-3-2-4-7(10)9(6)13/h2-4,8,13H,1H3. The number of Topliss-reactive ketones (excluding diaryl/α,β-unsaturated/α-hetero) is 1. The fourth-order valence-electron chi connectivity index (χ4n) is 0.956. The van der Waals surface area contributed by atoms with Crippen molar-refractivity contribution in [2.45, 2.75) is 17.2 Å². The van der Waals surface area contributed by atoms with Crippen LogP contribution in [0.15, 0.2) is 23.1 Å². The number of benzene rings is 1. The van der Waals surface area contributed by atoms with Crippen molar-refractivity contribution in [3.8, 4) is 0 Å². The average Bonchev–Trinajstić information content (AvgIpc) is 2.08. The van der Waals surface area contributed by atoms with Gasteiger partial charge in [-0.2, -0.15) is 0 Å². The van der Waals surface area contributed by atoms with E-state index < -0.39 is 5.38 Å². The van der Waals surface area contributed by atoms with E-state index in [1.54, 1.807) is 18.2 Å². The van der Waals surface area contributed by atoms with Gasteiger partial charge in [0.25, 0.3) is 0 Å². The van der Waals surface area contributed by atoms with Gasteiger partial charge in [-0.05, 0) is 18.6 Å². The van der Waals surface area contributed by atoms with Crippen LogP contribution in [0.25, 0.3) is 0 Å². The first-order chi connectivity index (χ1) is 6.04. The van der Waals surface area contributed by atoms with E-state index in [1.165, 1.54) is 6.92 Å². The van der Waals surface area contributed by atoms with Crippen LogP contribution < -0.4 is 0 Å². The number of thiol groups is 1. The summed E-state index contributed by atoms with van der Waals surface area (Å²) in [5.41, 5.74) is 0.657. The second-order valence-electron chi connectivity index (χ2n) is 2.65. The second kappa shape index (κ2) is 4.36. The van der Waals surface area contributed by atoms with Gasteiger partial charge in [0.1, 0.15) is 5.38 Å². The van der Waals surface area contributed by atoms with E-state index in [4.69, 9.17) is 23.2 Å². The van der Waals surface area contributed by atoms with Crippen LogP contribution in [-0.4, -0.2) is 5.78 Å². The first kappa shape index (κ1) is 10.9. The van der Waals surface area contributed by atoms with Crippen LogP contribution in [0.4, 0.5) is 0 Å². The number of carbonyl (C=O) groups is 1. The Balaban J connectivity index is 3.15. The SMILES string of the molecule is CC(=O)C(Cl)c1cccc(Cl)c1S. The zero-order valence-electron chi connectivity index (χ0n) is 6.92. The summed E-state index contributed by atoms with van der Waals surface area (Å²) in [6.45, 7) is 1.44. The molecule has 0 N–H and O–H groups in total. The number of halogens is 2. The molecule has 0 aliphatic carbocycles. The third kappa shape index (κ3) is 2.39. The summed E-state index contributed by atoms with van der Waals surface area (Å²) in [6, 6.07) is 5.19. The molecule has 0 saturated heterocycles. The lowest BCUT2D eigenvalue weighted by molar-refractivity contribution is -0.116. The molecule has 1 unspecified atom stereocenters. The molecular weight excluding hydrogens is 227 g/mol. The van der Waals surface area contributed by atoms with Crippen molar-refractivity contribution in [2.75, 3.05) is 0 Å². The van der Waals surface area contributed by atoms with E-state index in [-0.39, 0.29) is 5.78 Å². The Kier molecular flexibility index (Phi) is 3.65. The second-order valence-corrected chi connectivity index (χ2v) is 3.94. The largest absolute Gasteiger partial charge is 0.298 e. The topological polar surface area (TPSA) is 17.1 Å². The van der Waals surface area contributed by atoms with Gasteiger partial charge in [-0.25, -0.2) is 0 Å². The highest BCUT2D eigenvalue weighted by Gasteiger charge is 2.16. The van der Waals surface area contributed by atoms with Gasteiger partial charge in [0.2, 0.25) is 0 Å². The zero-order chi connectivity index (χ0) is 10.0. The molecule has 0 saturated carbocycles. The van der Waals surface area contributed by atoms with Gasteiger partial charge in [0.05, 0.1) is 5.02 Å². The average molecular weight is 235 g/mol. The summed E-state index contributed by atoms with van der Waals surface area (Å²) in [4.78, 5) is 11.6. The van der Waals surface area contributed by atoms with Crippen molar-refractivity contribution in [1.29, 1.82) is 0 Å². The minimum Gasteiger partial charge on any atom is -0.298 e. The molecule has 1 aromatic carbocycles. The molecule has 1 aromatic rings. The number of alkyl halides is 1. The van der Waals surface area contributed by atoms with Gasteiger partial charge in [0.15, 0.2) is 5.78 Å². The van der Waals surface area contributed by atoms with Crippen LogP contribution in [0, 0.1) is 0 Å². The van der Waals surface area contributed by atoms with Gasteiger partial charge >= 0.3 is 0 Å². The molecule has 0 heterocycles. The molecule has 0 bridgehead atoms. The summed E-state index contributed by atoms with van der Waals surface area (Å²) in [7, 11) is 0. The number of hydrogen-bond acceptors (Lipinski definition) is 2. The summed E-state index contributed by atoms with van der Waals surface area (Å²) >= 11 is 15.9. The highest BCUT2D eigenvalue weighted by Crippen LogP contribution is 2.31. The Morgan fingerprint density at radius 2 is 2.15 bits per heavy atom. The van der Waals surface area contributed by atoms with Crippen molar-refractivity contribution in [2.24, 2.45) is 0 Å². The van der Waals surface area contributed by atoms with E-state index in [0.29, 0.717) is 15.5 Å². The quantitative estimate of drug-likeness (QED) is 0.613. The molecule has 13 heavy (non-hydrogen) atoms. The molecule has 0 aliphatic rings. The molecule has 0 aliphatic heterocycles. The van der Waals surface area contributed by atoms with Crippen LogP contribution in [0.5, 0.6) is 0 Å². The number of hydrogen-bond donors (Lipinski definition) is 1. The molecule has 1 rings (SSSR count). The van der Waals surface area contributed by atoms with Crippen LogP contribution in [0.2, 0.25) is 5.02 Å². The molecule has 70 valence electrons.